The Hall–Kier alpha value is -5.01. The number of carboxylic acid groups (broad SMARTS) is 1. The molecule has 0 aliphatic rings. The molecule has 9 N–H and O–H groups in total. The van der Waals surface area contributed by atoms with Crippen LogP contribution >= 0.6 is 12.6 Å². The lowest BCUT2D eigenvalue weighted by Gasteiger charge is -2.25. The number of phenols is 2. The number of carbonyl (C=O) groups is 4. The van der Waals surface area contributed by atoms with E-state index < -0.39 is 47.9 Å². The van der Waals surface area contributed by atoms with Gasteiger partial charge in [0.15, 0.2) is 0 Å². The van der Waals surface area contributed by atoms with Gasteiger partial charge in [0.05, 0.1) is 6.04 Å². The minimum absolute atomic E-state index is 0.000399. The number of H-pyrrole nitrogens is 1. The smallest absolute Gasteiger partial charge is 0.327 e. The Balaban J connectivity index is 1.55. The van der Waals surface area contributed by atoms with Crippen molar-refractivity contribution in [2.75, 3.05) is 5.75 Å². The van der Waals surface area contributed by atoms with Gasteiger partial charge in [0.1, 0.15) is 29.6 Å². The normalized spacial score (nSPS) is 13.7. The quantitative estimate of drug-likeness (QED) is 0.0926. The van der Waals surface area contributed by atoms with Gasteiger partial charge in [-0.15, -0.1) is 0 Å². The van der Waals surface area contributed by atoms with Crippen molar-refractivity contribution in [3.05, 3.63) is 95.7 Å². The van der Waals surface area contributed by atoms with E-state index in [-0.39, 0.29) is 36.5 Å². The summed E-state index contributed by atoms with van der Waals surface area (Å²) in [6.45, 7) is 0. The van der Waals surface area contributed by atoms with Crippen LogP contribution in [-0.4, -0.2) is 73.9 Å². The van der Waals surface area contributed by atoms with E-state index in [9.17, 15) is 34.5 Å². The van der Waals surface area contributed by atoms with Gasteiger partial charge in [-0.1, -0.05) is 42.5 Å². The Labute approximate surface area is 264 Å². The largest absolute Gasteiger partial charge is 0.508 e. The molecule has 0 radical (unpaired) electrons. The number of thiol groups is 1. The second-order valence-electron chi connectivity index (χ2n) is 10.6. The third-order valence-electron chi connectivity index (χ3n) is 7.27. The van der Waals surface area contributed by atoms with Crippen molar-refractivity contribution in [3.63, 3.8) is 0 Å². The van der Waals surface area contributed by atoms with Gasteiger partial charge >= 0.3 is 5.97 Å². The van der Waals surface area contributed by atoms with E-state index in [0.717, 1.165) is 16.5 Å². The van der Waals surface area contributed by atoms with Crippen molar-refractivity contribution in [3.8, 4) is 11.5 Å². The van der Waals surface area contributed by atoms with E-state index in [1.807, 2.05) is 24.3 Å². The molecular formula is C32H35N5O7S. The molecule has 0 fully saturated rings. The van der Waals surface area contributed by atoms with Gasteiger partial charge in [0.2, 0.25) is 17.7 Å². The number of aliphatic carboxylic acids is 1. The van der Waals surface area contributed by atoms with Crippen molar-refractivity contribution in [1.29, 1.82) is 0 Å². The number of para-hydroxylation sites is 1. The molecule has 236 valence electrons. The summed E-state index contributed by atoms with van der Waals surface area (Å²) in [5.74, 6) is -3.54. The van der Waals surface area contributed by atoms with Crippen LogP contribution in [0, 0.1) is 0 Å². The van der Waals surface area contributed by atoms with Crippen molar-refractivity contribution >= 4 is 47.2 Å². The summed E-state index contributed by atoms with van der Waals surface area (Å²) >= 11 is 3.99. The molecule has 12 nitrogen and oxygen atoms in total. The predicted octanol–water partition coefficient (Wildman–Crippen LogP) is 1.40. The van der Waals surface area contributed by atoms with Crippen LogP contribution in [0.1, 0.15) is 16.7 Å². The van der Waals surface area contributed by atoms with Gasteiger partial charge in [0, 0.05) is 35.7 Å². The molecule has 4 atom stereocenters. The number of nitrogens with one attached hydrogen (secondary N) is 4. The lowest BCUT2D eigenvalue weighted by molar-refractivity contribution is -0.141. The Morgan fingerprint density at radius 3 is 1.71 bits per heavy atom. The Kier molecular flexibility index (Phi) is 11.1. The highest BCUT2D eigenvalue weighted by Gasteiger charge is 2.30. The first kappa shape index (κ1) is 32.9. The van der Waals surface area contributed by atoms with Crippen LogP contribution in [-0.2, 0) is 38.4 Å². The van der Waals surface area contributed by atoms with Crippen LogP contribution in [0.2, 0.25) is 0 Å². The Morgan fingerprint density at radius 1 is 0.711 bits per heavy atom. The number of aromatic nitrogens is 1. The maximum atomic E-state index is 13.7. The number of phenolic OH excluding ortho intramolecular Hbond substituents is 2. The van der Waals surface area contributed by atoms with Crippen LogP contribution < -0.4 is 21.7 Å². The molecule has 4 aromatic rings. The molecule has 13 heteroatoms. The van der Waals surface area contributed by atoms with E-state index in [2.05, 4.69) is 33.6 Å². The zero-order chi connectivity index (χ0) is 32.5. The van der Waals surface area contributed by atoms with Crippen molar-refractivity contribution in [1.82, 2.24) is 20.9 Å². The van der Waals surface area contributed by atoms with Crippen LogP contribution in [0.4, 0.5) is 0 Å². The molecule has 4 unspecified atom stereocenters. The molecule has 0 aliphatic heterocycles. The van der Waals surface area contributed by atoms with E-state index in [1.54, 1.807) is 30.5 Å². The number of rotatable bonds is 14. The first-order chi connectivity index (χ1) is 21.5. The third-order valence-corrected chi connectivity index (χ3v) is 7.63. The number of hydrogen-bond acceptors (Lipinski definition) is 8. The number of amides is 3. The average molecular weight is 634 g/mol. The molecule has 3 aromatic carbocycles. The number of fused-ring (bicyclic) bond motifs is 1. The number of aromatic hydroxyl groups is 2. The number of hydrogen-bond donors (Lipinski definition) is 9. The van der Waals surface area contributed by atoms with E-state index in [1.165, 1.54) is 24.3 Å². The van der Waals surface area contributed by atoms with E-state index in [4.69, 9.17) is 5.73 Å². The van der Waals surface area contributed by atoms with Crippen molar-refractivity contribution in [2.24, 2.45) is 5.73 Å². The first-order valence-electron chi connectivity index (χ1n) is 14.1. The molecule has 4 rings (SSSR count). The van der Waals surface area contributed by atoms with E-state index >= 15 is 0 Å². The van der Waals surface area contributed by atoms with Gasteiger partial charge in [-0.25, -0.2) is 4.79 Å². The minimum atomic E-state index is -1.31. The summed E-state index contributed by atoms with van der Waals surface area (Å²) in [6.07, 6.45) is 1.92. The second kappa shape index (κ2) is 15.1. The number of carboxylic acids is 1. The van der Waals surface area contributed by atoms with Gasteiger partial charge in [-0.2, -0.15) is 12.6 Å². The monoisotopic (exact) mass is 633 g/mol. The Morgan fingerprint density at radius 2 is 1.20 bits per heavy atom. The zero-order valence-corrected chi connectivity index (χ0v) is 25.0. The highest BCUT2D eigenvalue weighted by atomic mass is 32.1. The Bertz CT molecular complexity index is 1640. The maximum Gasteiger partial charge on any atom is 0.327 e. The van der Waals surface area contributed by atoms with Gasteiger partial charge < -0.3 is 42.0 Å². The highest BCUT2D eigenvalue weighted by Crippen LogP contribution is 2.19. The molecular weight excluding hydrogens is 598 g/mol. The summed E-state index contributed by atoms with van der Waals surface area (Å²) in [4.78, 5) is 55.0. The summed E-state index contributed by atoms with van der Waals surface area (Å²) in [5, 5.41) is 37.4. The van der Waals surface area contributed by atoms with Crippen LogP contribution in [0.25, 0.3) is 10.9 Å². The first-order valence-corrected chi connectivity index (χ1v) is 14.8. The lowest BCUT2D eigenvalue weighted by atomic mass is 10.0. The number of benzene rings is 3. The molecule has 0 spiro atoms. The zero-order valence-electron chi connectivity index (χ0n) is 24.1. The molecule has 45 heavy (non-hydrogen) atoms. The van der Waals surface area contributed by atoms with Gasteiger partial charge in [-0.3, -0.25) is 14.4 Å². The molecule has 1 aromatic heterocycles. The van der Waals surface area contributed by atoms with Crippen LogP contribution in [0.15, 0.2) is 79.0 Å². The van der Waals surface area contributed by atoms with Crippen molar-refractivity contribution < 1.29 is 34.5 Å². The maximum absolute atomic E-state index is 13.7. The third kappa shape index (κ3) is 9.00. The molecule has 0 aliphatic carbocycles. The SMILES string of the molecule is NC(Cc1c[nH]c2ccccc12)C(=O)NC(Cc1ccc(O)cc1)C(=O)NC(Cc1ccc(O)cc1)C(=O)NC(CS)C(=O)O. The summed E-state index contributed by atoms with van der Waals surface area (Å²) < 4.78 is 0. The van der Waals surface area contributed by atoms with Crippen LogP contribution in [0.5, 0.6) is 11.5 Å². The second-order valence-corrected chi connectivity index (χ2v) is 11.0. The van der Waals surface area contributed by atoms with E-state index in [0.29, 0.717) is 11.1 Å². The topological polar surface area (TPSA) is 207 Å². The predicted molar refractivity (Wildman–Crippen MR) is 171 cm³/mol. The van der Waals surface area contributed by atoms with Crippen molar-refractivity contribution in [2.45, 2.75) is 43.4 Å². The number of aromatic amines is 1. The average Bonchev–Trinajstić information content (AvgIpc) is 3.43. The summed E-state index contributed by atoms with van der Waals surface area (Å²) in [5.41, 5.74) is 9.19. The lowest BCUT2D eigenvalue weighted by Crippen LogP contribution is -2.58. The van der Waals surface area contributed by atoms with Gasteiger partial charge in [-0.05, 0) is 53.4 Å². The molecule has 1 heterocycles. The fourth-order valence-corrected chi connectivity index (χ4v) is 5.04. The molecule has 0 bridgehead atoms. The fourth-order valence-electron chi connectivity index (χ4n) is 4.79. The molecule has 0 saturated carbocycles. The molecule has 3 amide bonds. The highest BCUT2D eigenvalue weighted by molar-refractivity contribution is 7.80. The standard InChI is InChI=1S/C32H35N5O7S/c33-24(15-20-16-34-25-4-2-1-3-23(20)25)29(40)35-26(13-18-5-9-21(38)10-6-18)30(41)36-27(14-19-7-11-22(39)12-8-19)31(42)37-28(17-45)32(43)44/h1-12,16,24,26-28,34,38-39,45H,13-15,17,33H2,(H,35,40)(H,36,41)(H,37,42)(H,43,44). The summed E-state index contributed by atoms with van der Waals surface area (Å²) in [7, 11) is 0. The van der Waals surface area contributed by atoms with Crippen LogP contribution in [0.3, 0.4) is 0 Å². The minimum Gasteiger partial charge on any atom is -0.508 e. The fraction of sp³-hybridized carbons (Fsp3) is 0.250. The molecule has 0 saturated heterocycles. The summed E-state index contributed by atoms with van der Waals surface area (Å²) in [6, 6.07) is 14.9. The number of carbonyl (C=O) groups excluding carboxylic acids is 3. The number of nitrogens with two attached hydrogens (primary N) is 1. The van der Waals surface area contributed by atoms with Gasteiger partial charge in [0.25, 0.3) is 0 Å².